The first kappa shape index (κ1) is 8.90. The molecule has 2 bridgehead atoms. The normalized spacial score (nSPS) is 47.3. The number of ketones is 1. The lowest BCUT2D eigenvalue weighted by molar-refractivity contribution is -0.117. The van der Waals surface area contributed by atoms with Crippen LogP contribution in [-0.2, 0) is 9.53 Å². The predicted octanol–water partition coefficient (Wildman–Crippen LogP) is 2.17. The molecule has 3 aliphatic carbocycles. The van der Waals surface area contributed by atoms with Crippen LogP contribution in [0.15, 0.2) is 0 Å². The molecule has 3 saturated carbocycles. The highest BCUT2D eigenvalue weighted by molar-refractivity contribution is 5.81. The Labute approximate surface area is 85.0 Å². The summed E-state index contributed by atoms with van der Waals surface area (Å²) in [6.07, 6.45) is 7.98. The minimum Gasteiger partial charge on any atom is -0.370 e. The third-order valence-corrected chi connectivity index (χ3v) is 4.47. The van der Waals surface area contributed by atoms with Gasteiger partial charge >= 0.3 is 0 Å². The van der Waals surface area contributed by atoms with E-state index in [4.69, 9.17) is 4.74 Å². The van der Waals surface area contributed by atoms with Gasteiger partial charge in [-0.1, -0.05) is 12.8 Å². The molecular formula is C12H18O2. The summed E-state index contributed by atoms with van der Waals surface area (Å²) in [6.45, 7) is 0.387. The van der Waals surface area contributed by atoms with Crippen LogP contribution in [0.4, 0.5) is 0 Å². The first-order chi connectivity index (χ1) is 6.83. The van der Waals surface area contributed by atoms with Crippen molar-refractivity contribution >= 4 is 5.78 Å². The van der Waals surface area contributed by atoms with Gasteiger partial charge in [0.15, 0.2) is 5.78 Å². The van der Waals surface area contributed by atoms with Crippen LogP contribution in [0.5, 0.6) is 0 Å². The number of carbonyl (C=O) groups is 1. The van der Waals surface area contributed by atoms with Crippen LogP contribution >= 0.6 is 0 Å². The van der Waals surface area contributed by atoms with Gasteiger partial charge in [0, 0.05) is 6.42 Å². The van der Waals surface area contributed by atoms with E-state index in [2.05, 4.69) is 0 Å². The van der Waals surface area contributed by atoms with Crippen molar-refractivity contribution in [2.75, 3.05) is 6.61 Å². The van der Waals surface area contributed by atoms with Gasteiger partial charge in [0.05, 0.1) is 6.10 Å². The number of hydrogen-bond donors (Lipinski definition) is 0. The maximum absolute atomic E-state index is 11.2. The van der Waals surface area contributed by atoms with Crippen molar-refractivity contribution in [3.8, 4) is 0 Å². The number of Topliss-reactive ketones (excluding diaryl/α,β-unsaturated/α-hetero) is 1. The lowest BCUT2D eigenvalue weighted by Gasteiger charge is -2.44. The maximum atomic E-state index is 11.2. The molecule has 0 N–H and O–H groups in total. The van der Waals surface area contributed by atoms with Crippen molar-refractivity contribution in [2.45, 2.75) is 44.6 Å². The highest BCUT2D eigenvalue weighted by Crippen LogP contribution is 2.47. The Bertz CT molecular complexity index is 241. The van der Waals surface area contributed by atoms with Gasteiger partial charge in [-0.05, 0) is 37.0 Å². The Hall–Kier alpha value is -0.370. The van der Waals surface area contributed by atoms with E-state index in [1.807, 2.05) is 0 Å². The molecule has 0 radical (unpaired) electrons. The fourth-order valence-corrected chi connectivity index (χ4v) is 3.70. The zero-order chi connectivity index (χ0) is 9.54. The summed E-state index contributed by atoms with van der Waals surface area (Å²) in [5.74, 6) is 2.85. The zero-order valence-electron chi connectivity index (χ0n) is 8.58. The summed E-state index contributed by atoms with van der Waals surface area (Å²) in [6, 6.07) is 0. The van der Waals surface area contributed by atoms with E-state index in [1.165, 1.54) is 32.1 Å². The minimum atomic E-state index is 0.288. The molecule has 4 rings (SSSR count). The standard InChI is InChI=1S/C12H18O2/c13-10-6-12(14-7-10)11-5-8-1-3-9(11)4-2-8/h8-9,11-12H,1-7H2. The van der Waals surface area contributed by atoms with Crippen LogP contribution in [0, 0.1) is 17.8 Å². The molecule has 1 aliphatic heterocycles. The van der Waals surface area contributed by atoms with Crippen LogP contribution in [0.25, 0.3) is 0 Å². The van der Waals surface area contributed by atoms with Crippen molar-refractivity contribution in [3.63, 3.8) is 0 Å². The van der Waals surface area contributed by atoms with Crippen LogP contribution in [0.1, 0.15) is 38.5 Å². The highest BCUT2D eigenvalue weighted by atomic mass is 16.5. The summed E-state index contributed by atoms with van der Waals surface area (Å²) in [4.78, 5) is 11.2. The summed E-state index contributed by atoms with van der Waals surface area (Å²) in [5, 5.41) is 0. The second kappa shape index (κ2) is 3.34. The third-order valence-electron chi connectivity index (χ3n) is 4.47. The molecule has 2 unspecified atom stereocenters. The van der Waals surface area contributed by atoms with Crippen molar-refractivity contribution in [1.82, 2.24) is 0 Å². The Morgan fingerprint density at radius 1 is 1.14 bits per heavy atom. The van der Waals surface area contributed by atoms with Gasteiger partial charge in [-0.2, -0.15) is 0 Å². The van der Waals surface area contributed by atoms with E-state index >= 15 is 0 Å². The summed E-state index contributed by atoms with van der Waals surface area (Å²) in [7, 11) is 0. The lowest BCUT2D eigenvalue weighted by Crippen LogP contribution is -2.38. The van der Waals surface area contributed by atoms with Crippen molar-refractivity contribution in [3.05, 3.63) is 0 Å². The quantitative estimate of drug-likeness (QED) is 0.639. The Kier molecular flexibility index (Phi) is 2.12. The van der Waals surface area contributed by atoms with Crippen LogP contribution in [-0.4, -0.2) is 18.5 Å². The first-order valence-corrected chi connectivity index (χ1v) is 5.96. The summed E-state index contributed by atoms with van der Waals surface area (Å²) >= 11 is 0. The number of carbonyl (C=O) groups excluding carboxylic acids is 1. The number of ether oxygens (including phenoxy) is 1. The molecule has 0 aromatic rings. The molecule has 2 heteroatoms. The van der Waals surface area contributed by atoms with Gasteiger partial charge in [0.25, 0.3) is 0 Å². The van der Waals surface area contributed by atoms with Crippen LogP contribution in [0.3, 0.4) is 0 Å². The molecule has 1 saturated heterocycles. The van der Waals surface area contributed by atoms with E-state index < -0.39 is 0 Å². The molecule has 0 aromatic carbocycles. The van der Waals surface area contributed by atoms with E-state index in [9.17, 15) is 4.79 Å². The second-order valence-corrected chi connectivity index (χ2v) is 5.27. The number of hydrogen-bond acceptors (Lipinski definition) is 2. The lowest BCUT2D eigenvalue weighted by atomic mass is 9.63. The van der Waals surface area contributed by atoms with Gasteiger partial charge in [-0.15, -0.1) is 0 Å². The van der Waals surface area contributed by atoms with Crippen LogP contribution < -0.4 is 0 Å². The monoisotopic (exact) mass is 194 g/mol. The minimum absolute atomic E-state index is 0.288. The smallest absolute Gasteiger partial charge is 0.161 e. The van der Waals surface area contributed by atoms with Crippen molar-refractivity contribution in [1.29, 1.82) is 0 Å². The first-order valence-electron chi connectivity index (χ1n) is 5.96. The number of rotatable bonds is 1. The van der Waals surface area contributed by atoms with E-state index in [-0.39, 0.29) is 6.10 Å². The molecule has 78 valence electrons. The molecule has 0 aromatic heterocycles. The van der Waals surface area contributed by atoms with E-state index in [1.54, 1.807) is 0 Å². The summed E-state index contributed by atoms with van der Waals surface area (Å²) < 4.78 is 5.61. The molecule has 0 spiro atoms. The molecule has 4 fully saturated rings. The Morgan fingerprint density at radius 2 is 1.93 bits per heavy atom. The highest BCUT2D eigenvalue weighted by Gasteiger charge is 2.42. The fourth-order valence-electron chi connectivity index (χ4n) is 3.70. The Morgan fingerprint density at radius 3 is 2.43 bits per heavy atom. The molecule has 2 nitrogen and oxygen atoms in total. The van der Waals surface area contributed by atoms with Gasteiger partial charge in [0.1, 0.15) is 6.61 Å². The zero-order valence-corrected chi connectivity index (χ0v) is 8.58. The maximum Gasteiger partial charge on any atom is 0.161 e. The average molecular weight is 194 g/mol. The van der Waals surface area contributed by atoms with Gasteiger partial charge in [-0.25, -0.2) is 0 Å². The molecular weight excluding hydrogens is 176 g/mol. The number of fused-ring (bicyclic) bond motifs is 3. The van der Waals surface area contributed by atoms with Crippen molar-refractivity contribution in [2.24, 2.45) is 17.8 Å². The van der Waals surface area contributed by atoms with E-state index in [0.717, 1.165) is 11.8 Å². The molecule has 0 amide bonds. The van der Waals surface area contributed by atoms with Gasteiger partial charge in [-0.3, -0.25) is 4.79 Å². The predicted molar refractivity (Wildman–Crippen MR) is 52.9 cm³/mol. The molecule has 4 aliphatic rings. The third kappa shape index (κ3) is 1.40. The Balaban J connectivity index is 1.70. The second-order valence-electron chi connectivity index (χ2n) is 5.27. The van der Waals surface area contributed by atoms with Crippen molar-refractivity contribution < 1.29 is 9.53 Å². The average Bonchev–Trinajstić information content (AvgIpc) is 2.66. The SMILES string of the molecule is O=C1COC(C2CC3CCC2CC3)C1. The topological polar surface area (TPSA) is 26.3 Å². The van der Waals surface area contributed by atoms with Crippen LogP contribution in [0.2, 0.25) is 0 Å². The molecule has 14 heavy (non-hydrogen) atoms. The molecule has 2 atom stereocenters. The fraction of sp³-hybridized carbons (Fsp3) is 0.917. The van der Waals surface area contributed by atoms with E-state index in [0.29, 0.717) is 24.7 Å². The molecule has 1 heterocycles. The largest absolute Gasteiger partial charge is 0.370 e. The summed E-state index contributed by atoms with van der Waals surface area (Å²) in [5.41, 5.74) is 0. The van der Waals surface area contributed by atoms with Gasteiger partial charge < -0.3 is 4.74 Å². The van der Waals surface area contributed by atoms with Gasteiger partial charge in [0.2, 0.25) is 0 Å².